The molecular weight excluding hydrogens is 286 g/mol. The van der Waals surface area contributed by atoms with Crippen LogP contribution in [0.25, 0.3) is 0 Å². The zero-order valence-electron chi connectivity index (χ0n) is 14.8. The molecule has 3 heteroatoms. The highest BCUT2D eigenvalue weighted by Gasteiger charge is 2.28. The van der Waals surface area contributed by atoms with E-state index in [1.807, 2.05) is 35.2 Å². The minimum absolute atomic E-state index is 0.260. The van der Waals surface area contributed by atoms with Crippen molar-refractivity contribution in [2.45, 2.75) is 59.0 Å². The Morgan fingerprint density at radius 1 is 1.22 bits per heavy atom. The Kier molecular flexibility index (Phi) is 6.23. The van der Waals surface area contributed by atoms with E-state index in [4.69, 9.17) is 0 Å². The molecule has 1 atom stereocenters. The molecule has 1 aromatic rings. The number of aliphatic hydroxyl groups excluding tert-OH is 1. The van der Waals surface area contributed by atoms with E-state index in [1.54, 1.807) is 0 Å². The second-order valence-electron chi connectivity index (χ2n) is 7.99. The maximum Gasteiger partial charge on any atom is 0.222 e. The molecule has 1 amide bonds. The number of nitrogens with zero attached hydrogens (tertiary/aromatic N) is 1. The van der Waals surface area contributed by atoms with Crippen LogP contribution < -0.4 is 0 Å². The molecule has 2 rings (SSSR count). The number of rotatable bonds is 5. The van der Waals surface area contributed by atoms with E-state index in [-0.39, 0.29) is 11.8 Å². The van der Waals surface area contributed by atoms with Gasteiger partial charge >= 0.3 is 0 Å². The average molecular weight is 317 g/mol. The van der Waals surface area contributed by atoms with Crippen LogP contribution in [0.5, 0.6) is 0 Å². The maximum absolute atomic E-state index is 12.3. The zero-order chi connectivity index (χ0) is 16.9. The molecule has 3 nitrogen and oxygen atoms in total. The Hall–Kier alpha value is -1.35. The van der Waals surface area contributed by atoms with Crippen LogP contribution >= 0.6 is 0 Å². The van der Waals surface area contributed by atoms with Crippen molar-refractivity contribution >= 4 is 5.91 Å². The standard InChI is InChI=1S/C20H31NO2/c1-20(2,3)13-7-10-18(22)21-14-11-17(12-15-21)19(23)16-8-5-4-6-9-16/h4-6,8-9,17,19,23H,7,10-15H2,1-3H3. The monoisotopic (exact) mass is 317 g/mol. The molecule has 0 radical (unpaired) electrons. The third-order valence-electron chi connectivity index (χ3n) is 4.80. The number of likely N-dealkylation sites (tertiary alicyclic amines) is 1. The molecule has 0 bridgehead atoms. The minimum Gasteiger partial charge on any atom is -0.388 e. The summed E-state index contributed by atoms with van der Waals surface area (Å²) in [4.78, 5) is 14.3. The third kappa shape index (κ3) is 5.65. The number of hydrogen-bond donors (Lipinski definition) is 1. The first kappa shape index (κ1) is 18.0. The number of carbonyl (C=O) groups excluding carboxylic acids is 1. The van der Waals surface area contributed by atoms with Crippen molar-refractivity contribution in [3.63, 3.8) is 0 Å². The van der Waals surface area contributed by atoms with E-state index in [9.17, 15) is 9.90 Å². The van der Waals surface area contributed by atoms with Crippen molar-refractivity contribution in [1.82, 2.24) is 4.90 Å². The van der Waals surface area contributed by atoms with Gasteiger partial charge in [-0.3, -0.25) is 4.79 Å². The molecule has 0 aliphatic carbocycles. The van der Waals surface area contributed by atoms with Gasteiger partial charge in [0.25, 0.3) is 0 Å². The highest BCUT2D eigenvalue weighted by atomic mass is 16.3. The molecule has 23 heavy (non-hydrogen) atoms. The first-order chi connectivity index (χ1) is 10.9. The highest BCUT2D eigenvalue weighted by Crippen LogP contribution is 2.31. The largest absolute Gasteiger partial charge is 0.388 e. The fraction of sp³-hybridized carbons (Fsp3) is 0.650. The molecule has 0 saturated carbocycles. The lowest BCUT2D eigenvalue weighted by atomic mass is 9.87. The van der Waals surface area contributed by atoms with Gasteiger partial charge in [-0.05, 0) is 42.6 Å². The summed E-state index contributed by atoms with van der Waals surface area (Å²) in [7, 11) is 0. The molecule has 1 saturated heterocycles. The number of piperidine rings is 1. The Bertz CT molecular complexity index is 484. The molecule has 1 aromatic carbocycles. The first-order valence-corrected chi connectivity index (χ1v) is 8.87. The Morgan fingerprint density at radius 3 is 2.39 bits per heavy atom. The number of benzene rings is 1. The lowest BCUT2D eigenvalue weighted by molar-refractivity contribution is -0.133. The van der Waals surface area contributed by atoms with Crippen molar-refractivity contribution < 1.29 is 9.90 Å². The van der Waals surface area contributed by atoms with Crippen LogP contribution in [0.1, 0.15) is 64.5 Å². The van der Waals surface area contributed by atoms with Gasteiger partial charge in [-0.15, -0.1) is 0 Å². The predicted molar refractivity (Wildman–Crippen MR) is 94.0 cm³/mol. The summed E-state index contributed by atoms with van der Waals surface area (Å²) in [6.07, 6.45) is 4.08. The van der Waals surface area contributed by atoms with E-state index in [0.717, 1.165) is 44.3 Å². The molecule has 1 unspecified atom stereocenters. The molecule has 1 aliphatic rings. The van der Waals surface area contributed by atoms with Crippen molar-refractivity contribution in [3.8, 4) is 0 Å². The molecular formula is C20H31NO2. The maximum atomic E-state index is 12.3. The molecule has 0 spiro atoms. The predicted octanol–water partition coefficient (Wildman–Crippen LogP) is 4.18. The van der Waals surface area contributed by atoms with Gasteiger partial charge in [-0.2, -0.15) is 0 Å². The van der Waals surface area contributed by atoms with Crippen LogP contribution in [-0.4, -0.2) is 29.0 Å². The van der Waals surface area contributed by atoms with Crippen molar-refractivity contribution in [3.05, 3.63) is 35.9 Å². The Labute approximate surface area is 140 Å². The van der Waals surface area contributed by atoms with Crippen LogP contribution in [0.15, 0.2) is 30.3 Å². The van der Waals surface area contributed by atoms with Crippen LogP contribution in [0.3, 0.4) is 0 Å². The number of carbonyl (C=O) groups is 1. The van der Waals surface area contributed by atoms with Crippen molar-refractivity contribution in [2.24, 2.45) is 11.3 Å². The Morgan fingerprint density at radius 2 is 1.83 bits per heavy atom. The van der Waals surface area contributed by atoms with Gasteiger partial charge in [0.05, 0.1) is 6.10 Å². The van der Waals surface area contributed by atoms with Gasteiger partial charge in [0, 0.05) is 19.5 Å². The smallest absolute Gasteiger partial charge is 0.222 e. The molecule has 1 fully saturated rings. The minimum atomic E-state index is -0.408. The second-order valence-corrected chi connectivity index (χ2v) is 7.99. The van der Waals surface area contributed by atoms with E-state index >= 15 is 0 Å². The zero-order valence-corrected chi connectivity index (χ0v) is 14.8. The summed E-state index contributed by atoms with van der Waals surface area (Å²) in [6.45, 7) is 8.21. The Balaban J connectivity index is 1.76. The van der Waals surface area contributed by atoms with Crippen LogP contribution in [0.2, 0.25) is 0 Å². The van der Waals surface area contributed by atoms with Crippen molar-refractivity contribution in [2.75, 3.05) is 13.1 Å². The third-order valence-corrected chi connectivity index (χ3v) is 4.80. The van der Waals surface area contributed by atoms with Gasteiger partial charge in [0.2, 0.25) is 5.91 Å². The topological polar surface area (TPSA) is 40.5 Å². The first-order valence-electron chi connectivity index (χ1n) is 8.87. The molecule has 1 N–H and O–H groups in total. The van der Waals surface area contributed by atoms with E-state index in [2.05, 4.69) is 20.8 Å². The van der Waals surface area contributed by atoms with Gasteiger partial charge in [0.1, 0.15) is 0 Å². The SMILES string of the molecule is CC(C)(C)CCCC(=O)N1CCC(C(O)c2ccccc2)CC1. The van der Waals surface area contributed by atoms with Gasteiger partial charge in [-0.1, -0.05) is 51.1 Å². The van der Waals surface area contributed by atoms with Crippen LogP contribution in [-0.2, 0) is 4.79 Å². The number of aliphatic hydroxyl groups is 1. The van der Waals surface area contributed by atoms with Gasteiger partial charge in [0.15, 0.2) is 0 Å². The quantitative estimate of drug-likeness (QED) is 0.885. The second kappa shape index (κ2) is 7.96. The molecule has 128 valence electrons. The number of amides is 1. The molecule has 1 aliphatic heterocycles. The summed E-state index contributed by atoms with van der Waals surface area (Å²) in [5, 5.41) is 10.5. The summed E-state index contributed by atoms with van der Waals surface area (Å²) >= 11 is 0. The number of hydrogen-bond acceptors (Lipinski definition) is 2. The van der Waals surface area contributed by atoms with Crippen molar-refractivity contribution in [1.29, 1.82) is 0 Å². The fourth-order valence-electron chi connectivity index (χ4n) is 3.32. The van der Waals surface area contributed by atoms with E-state index < -0.39 is 6.10 Å². The van der Waals surface area contributed by atoms with Gasteiger partial charge in [-0.25, -0.2) is 0 Å². The summed E-state index contributed by atoms with van der Waals surface area (Å²) < 4.78 is 0. The normalized spacial score (nSPS) is 18.0. The van der Waals surface area contributed by atoms with E-state index in [1.165, 1.54) is 0 Å². The van der Waals surface area contributed by atoms with Crippen LogP contribution in [0.4, 0.5) is 0 Å². The van der Waals surface area contributed by atoms with Gasteiger partial charge < -0.3 is 10.0 Å². The fourth-order valence-corrected chi connectivity index (χ4v) is 3.32. The summed E-state index contributed by atoms with van der Waals surface area (Å²) in [5.74, 6) is 0.540. The van der Waals surface area contributed by atoms with Crippen LogP contribution in [0, 0.1) is 11.3 Å². The van der Waals surface area contributed by atoms with E-state index in [0.29, 0.717) is 11.8 Å². The summed E-state index contributed by atoms with van der Waals surface area (Å²) in [5.41, 5.74) is 1.29. The molecule has 1 heterocycles. The highest BCUT2D eigenvalue weighted by molar-refractivity contribution is 5.76. The lowest BCUT2D eigenvalue weighted by Crippen LogP contribution is -2.39. The summed E-state index contributed by atoms with van der Waals surface area (Å²) in [6, 6.07) is 9.86. The molecule has 0 aromatic heterocycles. The lowest BCUT2D eigenvalue weighted by Gasteiger charge is -2.34. The average Bonchev–Trinajstić information content (AvgIpc) is 2.54.